The van der Waals surface area contributed by atoms with Gasteiger partial charge in [-0.3, -0.25) is 4.79 Å². The topological polar surface area (TPSA) is 63.2 Å². The normalized spacial score (nSPS) is 12.4. The highest BCUT2D eigenvalue weighted by molar-refractivity contribution is 7.91. The summed E-state index contributed by atoms with van der Waals surface area (Å²) in [4.78, 5) is 12.3. The van der Waals surface area contributed by atoms with E-state index in [1.54, 1.807) is 18.2 Å². The minimum atomic E-state index is -4.72. The van der Waals surface area contributed by atoms with Crippen molar-refractivity contribution < 1.29 is 26.4 Å². The van der Waals surface area contributed by atoms with Gasteiger partial charge in [0.05, 0.1) is 16.1 Å². The first-order valence-electron chi connectivity index (χ1n) is 9.14. The summed E-state index contributed by atoms with van der Waals surface area (Å²) in [7, 11) is -4.07. The number of rotatable bonds is 4. The molecule has 3 rings (SSSR count). The van der Waals surface area contributed by atoms with Crippen LogP contribution >= 0.6 is 0 Å². The second-order valence-electron chi connectivity index (χ2n) is 7.34. The maximum Gasteiger partial charge on any atom is 0.416 e. The molecule has 0 heterocycles. The molecule has 0 radical (unpaired) electrons. The molecule has 4 nitrogen and oxygen atoms in total. The van der Waals surface area contributed by atoms with Crippen molar-refractivity contribution in [1.29, 1.82) is 0 Å². The Labute approximate surface area is 172 Å². The number of carbonyl (C=O) groups is 1. The zero-order chi connectivity index (χ0) is 22.3. The molecular weight excluding hydrogens is 415 g/mol. The van der Waals surface area contributed by atoms with Crippen molar-refractivity contribution in [3.05, 3.63) is 71.3 Å². The standard InChI is InChI=1S/C22H20F3NO3S/c1-13(2)19-17(22(23,24)25)10-11-18(20(19)30(3,28)29)26-21(27)16-9-8-14-6-4-5-7-15(14)12-16/h4-13H,1-3H3,(H,26,27). The lowest BCUT2D eigenvalue weighted by atomic mass is 9.95. The van der Waals surface area contributed by atoms with E-state index in [-0.39, 0.29) is 16.8 Å². The molecule has 8 heteroatoms. The van der Waals surface area contributed by atoms with Crippen molar-refractivity contribution in [3.8, 4) is 0 Å². The molecule has 0 saturated carbocycles. The van der Waals surface area contributed by atoms with Crippen molar-refractivity contribution in [1.82, 2.24) is 0 Å². The Morgan fingerprint density at radius 1 is 0.967 bits per heavy atom. The number of nitrogens with one attached hydrogen (secondary N) is 1. The molecule has 0 unspecified atom stereocenters. The summed E-state index contributed by atoms with van der Waals surface area (Å²) in [6.07, 6.45) is -3.89. The Bertz CT molecular complexity index is 1230. The number of sulfone groups is 1. The molecule has 3 aromatic rings. The highest BCUT2D eigenvalue weighted by Gasteiger charge is 2.37. The molecule has 0 aliphatic rings. The molecule has 0 aromatic heterocycles. The van der Waals surface area contributed by atoms with Gasteiger partial charge >= 0.3 is 6.18 Å². The quantitative estimate of drug-likeness (QED) is 0.577. The maximum absolute atomic E-state index is 13.5. The lowest BCUT2D eigenvalue weighted by Gasteiger charge is -2.22. The summed E-state index contributed by atoms with van der Waals surface area (Å²) in [5.74, 6) is -1.34. The molecule has 3 aromatic carbocycles. The van der Waals surface area contributed by atoms with E-state index in [4.69, 9.17) is 0 Å². The summed E-state index contributed by atoms with van der Waals surface area (Å²) in [5.41, 5.74) is -1.30. The maximum atomic E-state index is 13.5. The lowest BCUT2D eigenvalue weighted by Crippen LogP contribution is -2.19. The molecule has 1 N–H and O–H groups in total. The van der Waals surface area contributed by atoms with Gasteiger partial charge in [-0.2, -0.15) is 13.2 Å². The minimum absolute atomic E-state index is 0.174. The van der Waals surface area contributed by atoms with Gasteiger partial charge < -0.3 is 5.32 Å². The van der Waals surface area contributed by atoms with Crippen LogP contribution in [0.25, 0.3) is 10.8 Å². The second kappa shape index (κ2) is 7.75. The first kappa shape index (κ1) is 21.8. The number of alkyl halides is 3. The molecule has 0 spiro atoms. The van der Waals surface area contributed by atoms with Gasteiger partial charge in [0, 0.05) is 11.8 Å². The van der Waals surface area contributed by atoms with Gasteiger partial charge in [0.2, 0.25) is 0 Å². The third-order valence-electron chi connectivity index (χ3n) is 4.71. The van der Waals surface area contributed by atoms with Crippen LogP contribution in [0.3, 0.4) is 0 Å². The highest BCUT2D eigenvalue weighted by atomic mass is 32.2. The number of halogens is 3. The monoisotopic (exact) mass is 435 g/mol. The molecule has 0 aliphatic heterocycles. The third kappa shape index (κ3) is 4.33. The number of carbonyl (C=O) groups excluding carboxylic acids is 1. The molecule has 1 amide bonds. The van der Waals surface area contributed by atoms with Crippen LogP contribution in [-0.4, -0.2) is 20.6 Å². The van der Waals surface area contributed by atoms with E-state index < -0.39 is 38.3 Å². The van der Waals surface area contributed by atoms with Gasteiger partial charge in [-0.1, -0.05) is 44.2 Å². The van der Waals surface area contributed by atoms with Crippen molar-refractivity contribution in [2.24, 2.45) is 0 Å². The number of benzene rings is 3. The van der Waals surface area contributed by atoms with Crippen LogP contribution in [0, 0.1) is 0 Å². The Morgan fingerprint density at radius 2 is 1.60 bits per heavy atom. The molecule has 0 atom stereocenters. The Kier molecular flexibility index (Phi) is 5.64. The van der Waals surface area contributed by atoms with Crippen molar-refractivity contribution >= 4 is 32.2 Å². The predicted octanol–water partition coefficient (Wildman–Crippen LogP) is 5.64. The number of amides is 1. The summed E-state index contributed by atoms with van der Waals surface area (Å²) in [6, 6.07) is 14.1. The SMILES string of the molecule is CC(C)c1c(C(F)(F)F)ccc(NC(=O)c2ccc3ccccc3c2)c1S(C)(=O)=O. The highest BCUT2D eigenvalue weighted by Crippen LogP contribution is 2.41. The lowest BCUT2D eigenvalue weighted by molar-refractivity contribution is -0.138. The van der Waals surface area contributed by atoms with Gasteiger partial charge in [0.15, 0.2) is 9.84 Å². The van der Waals surface area contributed by atoms with Crippen molar-refractivity contribution in [3.63, 3.8) is 0 Å². The van der Waals surface area contributed by atoms with Gasteiger partial charge in [-0.25, -0.2) is 8.42 Å². The fourth-order valence-corrected chi connectivity index (χ4v) is 4.71. The predicted molar refractivity (Wildman–Crippen MR) is 111 cm³/mol. The number of hydrogen-bond donors (Lipinski definition) is 1. The van der Waals surface area contributed by atoms with Crippen LogP contribution < -0.4 is 5.32 Å². The summed E-state index contributed by atoms with van der Waals surface area (Å²) >= 11 is 0. The number of fused-ring (bicyclic) bond motifs is 1. The van der Waals surface area contributed by atoms with Gasteiger partial charge in [-0.15, -0.1) is 0 Å². The van der Waals surface area contributed by atoms with E-state index >= 15 is 0 Å². The zero-order valence-corrected chi connectivity index (χ0v) is 17.4. The zero-order valence-electron chi connectivity index (χ0n) is 16.5. The summed E-state index contributed by atoms with van der Waals surface area (Å²) in [6.45, 7) is 2.96. The second-order valence-corrected chi connectivity index (χ2v) is 9.30. The fourth-order valence-electron chi connectivity index (χ4n) is 3.44. The van der Waals surface area contributed by atoms with E-state index in [9.17, 15) is 26.4 Å². The minimum Gasteiger partial charge on any atom is -0.321 e. The molecule has 158 valence electrons. The summed E-state index contributed by atoms with van der Waals surface area (Å²) < 4.78 is 65.4. The molecule has 0 bridgehead atoms. The number of hydrogen-bond acceptors (Lipinski definition) is 3. The smallest absolute Gasteiger partial charge is 0.321 e. The first-order valence-corrected chi connectivity index (χ1v) is 11.0. The molecule has 0 fully saturated rings. The molecule has 0 aliphatic carbocycles. The van der Waals surface area contributed by atoms with Crippen LogP contribution in [0.4, 0.5) is 18.9 Å². The van der Waals surface area contributed by atoms with Crippen LogP contribution in [0.1, 0.15) is 41.3 Å². The third-order valence-corrected chi connectivity index (χ3v) is 5.89. The average molecular weight is 435 g/mol. The average Bonchev–Trinajstić information content (AvgIpc) is 2.65. The molecule has 30 heavy (non-hydrogen) atoms. The van der Waals surface area contributed by atoms with E-state index in [1.807, 2.05) is 24.3 Å². The summed E-state index contributed by atoms with van der Waals surface area (Å²) in [5, 5.41) is 4.21. The van der Waals surface area contributed by atoms with E-state index in [0.29, 0.717) is 0 Å². The van der Waals surface area contributed by atoms with Crippen LogP contribution in [0.15, 0.2) is 59.5 Å². The molecular formula is C22H20F3NO3S. The Morgan fingerprint density at radius 3 is 2.17 bits per heavy atom. The van der Waals surface area contributed by atoms with Crippen LogP contribution in [0.5, 0.6) is 0 Å². The van der Waals surface area contributed by atoms with Gasteiger partial charge in [0.1, 0.15) is 0 Å². The largest absolute Gasteiger partial charge is 0.416 e. The van der Waals surface area contributed by atoms with E-state index in [2.05, 4.69) is 5.32 Å². The van der Waals surface area contributed by atoms with Gasteiger partial charge in [-0.05, 0) is 46.5 Å². The Hall–Kier alpha value is -2.87. The molecule has 0 saturated heterocycles. The van der Waals surface area contributed by atoms with Crippen molar-refractivity contribution in [2.45, 2.75) is 30.8 Å². The van der Waals surface area contributed by atoms with E-state index in [1.165, 1.54) is 13.8 Å². The Balaban J connectivity index is 2.13. The van der Waals surface area contributed by atoms with Crippen molar-refractivity contribution in [2.75, 3.05) is 11.6 Å². The number of anilines is 1. The van der Waals surface area contributed by atoms with Crippen LogP contribution in [-0.2, 0) is 16.0 Å². The van der Waals surface area contributed by atoms with Gasteiger partial charge in [0.25, 0.3) is 5.91 Å². The fraction of sp³-hybridized carbons (Fsp3) is 0.227. The van der Waals surface area contributed by atoms with E-state index in [0.717, 1.165) is 29.2 Å². The van der Waals surface area contributed by atoms with Crippen LogP contribution in [0.2, 0.25) is 0 Å². The first-order chi connectivity index (χ1) is 13.9.